The molecular formula is C20H22N4O2. The summed E-state index contributed by atoms with van der Waals surface area (Å²) < 4.78 is 5.19. The Morgan fingerprint density at radius 1 is 1.12 bits per heavy atom. The summed E-state index contributed by atoms with van der Waals surface area (Å²) in [4.78, 5) is 8.64. The third kappa shape index (κ3) is 4.70. The molecule has 134 valence electrons. The summed E-state index contributed by atoms with van der Waals surface area (Å²) in [7, 11) is 1.60. The van der Waals surface area contributed by atoms with E-state index in [0.29, 0.717) is 24.1 Å². The number of benzene rings is 2. The van der Waals surface area contributed by atoms with Crippen LogP contribution < -0.4 is 15.4 Å². The SMILES string of the molecule is COc1cccc(C(O)CNc2ccnc(Nc3ccc(C)cc3)n2)c1. The van der Waals surface area contributed by atoms with Crippen molar-refractivity contribution in [2.45, 2.75) is 13.0 Å². The first-order chi connectivity index (χ1) is 12.6. The Kier molecular flexibility index (Phi) is 5.66. The molecule has 0 aliphatic heterocycles. The quantitative estimate of drug-likeness (QED) is 0.603. The van der Waals surface area contributed by atoms with Gasteiger partial charge >= 0.3 is 0 Å². The molecule has 1 aromatic heterocycles. The fraction of sp³-hybridized carbons (Fsp3) is 0.200. The lowest BCUT2D eigenvalue weighted by atomic mass is 10.1. The maximum atomic E-state index is 10.4. The highest BCUT2D eigenvalue weighted by molar-refractivity contribution is 5.55. The van der Waals surface area contributed by atoms with E-state index >= 15 is 0 Å². The number of aryl methyl sites for hydroxylation is 1. The molecule has 0 amide bonds. The largest absolute Gasteiger partial charge is 0.497 e. The van der Waals surface area contributed by atoms with Gasteiger partial charge < -0.3 is 20.5 Å². The number of hydrogen-bond donors (Lipinski definition) is 3. The van der Waals surface area contributed by atoms with Crippen molar-refractivity contribution in [2.75, 3.05) is 24.3 Å². The van der Waals surface area contributed by atoms with Gasteiger partial charge in [0.15, 0.2) is 0 Å². The van der Waals surface area contributed by atoms with Crippen LogP contribution in [0.15, 0.2) is 60.8 Å². The van der Waals surface area contributed by atoms with Crippen molar-refractivity contribution in [2.24, 2.45) is 0 Å². The highest BCUT2D eigenvalue weighted by Crippen LogP contribution is 2.20. The number of rotatable bonds is 7. The Morgan fingerprint density at radius 2 is 1.92 bits per heavy atom. The van der Waals surface area contributed by atoms with Crippen molar-refractivity contribution in [3.63, 3.8) is 0 Å². The Bertz CT molecular complexity index is 852. The van der Waals surface area contributed by atoms with E-state index in [1.165, 1.54) is 5.56 Å². The fourth-order valence-corrected chi connectivity index (χ4v) is 2.45. The zero-order chi connectivity index (χ0) is 18.4. The first-order valence-electron chi connectivity index (χ1n) is 8.36. The van der Waals surface area contributed by atoms with Gasteiger partial charge in [0.25, 0.3) is 0 Å². The molecular weight excluding hydrogens is 328 g/mol. The summed E-state index contributed by atoms with van der Waals surface area (Å²) in [5.74, 6) is 1.85. The van der Waals surface area contributed by atoms with Gasteiger partial charge in [-0.15, -0.1) is 0 Å². The number of methoxy groups -OCH3 is 1. The maximum Gasteiger partial charge on any atom is 0.229 e. The van der Waals surface area contributed by atoms with Crippen LogP contribution in [0.25, 0.3) is 0 Å². The summed E-state index contributed by atoms with van der Waals surface area (Å²) in [5, 5.41) is 16.7. The molecule has 26 heavy (non-hydrogen) atoms. The van der Waals surface area contributed by atoms with E-state index in [0.717, 1.165) is 11.3 Å². The minimum atomic E-state index is -0.673. The Hall–Kier alpha value is -3.12. The van der Waals surface area contributed by atoms with Crippen LogP contribution in [-0.2, 0) is 0 Å². The van der Waals surface area contributed by atoms with Crippen molar-refractivity contribution in [3.05, 3.63) is 71.9 Å². The number of aliphatic hydroxyl groups excluding tert-OH is 1. The monoisotopic (exact) mass is 350 g/mol. The molecule has 3 rings (SSSR count). The molecule has 6 heteroatoms. The number of nitrogens with one attached hydrogen (secondary N) is 2. The van der Waals surface area contributed by atoms with Gasteiger partial charge in [-0.1, -0.05) is 29.8 Å². The lowest BCUT2D eigenvalue weighted by molar-refractivity contribution is 0.191. The zero-order valence-corrected chi connectivity index (χ0v) is 14.8. The molecule has 0 saturated heterocycles. The standard InChI is InChI=1S/C20H22N4O2/c1-14-6-8-16(9-7-14)23-20-21-11-10-19(24-20)22-13-18(25)15-4-3-5-17(12-15)26-2/h3-12,18,25H,13H2,1-2H3,(H2,21,22,23,24). The fourth-order valence-electron chi connectivity index (χ4n) is 2.45. The Labute approximate surface area is 152 Å². The van der Waals surface area contributed by atoms with Crippen molar-refractivity contribution in [1.29, 1.82) is 0 Å². The lowest BCUT2D eigenvalue weighted by Gasteiger charge is -2.14. The number of nitrogens with zero attached hydrogens (tertiary/aromatic N) is 2. The predicted molar refractivity (Wildman–Crippen MR) is 103 cm³/mol. The molecule has 0 bridgehead atoms. The minimum absolute atomic E-state index is 0.328. The Balaban J connectivity index is 1.62. The van der Waals surface area contributed by atoms with Gasteiger partial charge in [0.05, 0.1) is 13.2 Å². The van der Waals surface area contributed by atoms with Crippen molar-refractivity contribution in [1.82, 2.24) is 9.97 Å². The summed E-state index contributed by atoms with van der Waals surface area (Å²) in [6.45, 7) is 2.37. The number of aromatic nitrogens is 2. The van der Waals surface area contributed by atoms with Crippen LogP contribution in [0, 0.1) is 6.92 Å². The van der Waals surface area contributed by atoms with Gasteiger partial charge in [-0.3, -0.25) is 0 Å². The average Bonchev–Trinajstić information content (AvgIpc) is 2.68. The molecule has 2 aromatic carbocycles. The first-order valence-corrected chi connectivity index (χ1v) is 8.36. The second-order valence-corrected chi connectivity index (χ2v) is 5.93. The Morgan fingerprint density at radius 3 is 2.69 bits per heavy atom. The highest BCUT2D eigenvalue weighted by Gasteiger charge is 2.09. The van der Waals surface area contributed by atoms with E-state index in [-0.39, 0.29) is 0 Å². The van der Waals surface area contributed by atoms with Crippen molar-refractivity contribution in [3.8, 4) is 5.75 Å². The van der Waals surface area contributed by atoms with Crippen LogP contribution in [-0.4, -0.2) is 28.7 Å². The third-order valence-electron chi connectivity index (χ3n) is 3.92. The van der Waals surface area contributed by atoms with E-state index in [4.69, 9.17) is 4.74 Å². The molecule has 3 N–H and O–H groups in total. The van der Waals surface area contributed by atoms with E-state index in [1.54, 1.807) is 19.4 Å². The van der Waals surface area contributed by atoms with Crippen LogP contribution in [0.1, 0.15) is 17.2 Å². The molecule has 1 atom stereocenters. The molecule has 0 spiro atoms. The van der Waals surface area contributed by atoms with Gasteiger partial charge in [-0.05, 0) is 42.8 Å². The maximum absolute atomic E-state index is 10.4. The van der Waals surface area contributed by atoms with Gasteiger partial charge in [0, 0.05) is 18.4 Å². The smallest absolute Gasteiger partial charge is 0.229 e. The summed E-state index contributed by atoms with van der Waals surface area (Å²) in [5.41, 5.74) is 2.89. The lowest BCUT2D eigenvalue weighted by Crippen LogP contribution is -2.13. The molecule has 0 fully saturated rings. The number of anilines is 3. The van der Waals surface area contributed by atoms with Crippen LogP contribution in [0.3, 0.4) is 0 Å². The van der Waals surface area contributed by atoms with Gasteiger partial charge in [0.2, 0.25) is 5.95 Å². The van der Waals surface area contributed by atoms with Gasteiger partial charge in [0.1, 0.15) is 11.6 Å². The van der Waals surface area contributed by atoms with Crippen molar-refractivity contribution < 1.29 is 9.84 Å². The van der Waals surface area contributed by atoms with Crippen LogP contribution in [0.5, 0.6) is 5.75 Å². The number of aliphatic hydroxyl groups is 1. The summed E-state index contributed by atoms with van der Waals surface area (Å²) in [6.07, 6.45) is 0.998. The van der Waals surface area contributed by atoms with Gasteiger partial charge in [-0.25, -0.2) is 4.98 Å². The molecule has 0 radical (unpaired) electrons. The molecule has 0 aliphatic rings. The van der Waals surface area contributed by atoms with Crippen LogP contribution >= 0.6 is 0 Å². The third-order valence-corrected chi connectivity index (χ3v) is 3.92. The first kappa shape index (κ1) is 17.7. The molecule has 3 aromatic rings. The molecule has 0 saturated carbocycles. The van der Waals surface area contributed by atoms with E-state index in [2.05, 4.69) is 20.6 Å². The minimum Gasteiger partial charge on any atom is -0.497 e. The second kappa shape index (κ2) is 8.31. The van der Waals surface area contributed by atoms with Crippen LogP contribution in [0.2, 0.25) is 0 Å². The second-order valence-electron chi connectivity index (χ2n) is 5.93. The molecule has 1 heterocycles. The van der Waals surface area contributed by atoms with Crippen molar-refractivity contribution >= 4 is 17.5 Å². The summed E-state index contributed by atoms with van der Waals surface area (Å²) >= 11 is 0. The van der Waals surface area contributed by atoms with E-state index in [9.17, 15) is 5.11 Å². The summed E-state index contributed by atoms with van der Waals surface area (Å²) in [6, 6.07) is 17.1. The van der Waals surface area contributed by atoms with E-state index in [1.807, 2.05) is 55.5 Å². The number of hydrogen-bond acceptors (Lipinski definition) is 6. The zero-order valence-electron chi connectivity index (χ0n) is 14.8. The van der Waals surface area contributed by atoms with E-state index < -0.39 is 6.10 Å². The molecule has 0 aliphatic carbocycles. The topological polar surface area (TPSA) is 79.3 Å². The molecule has 1 unspecified atom stereocenters. The average molecular weight is 350 g/mol. The molecule has 6 nitrogen and oxygen atoms in total. The number of ether oxygens (including phenoxy) is 1. The van der Waals surface area contributed by atoms with Gasteiger partial charge in [-0.2, -0.15) is 4.98 Å². The normalized spacial score (nSPS) is 11.7. The predicted octanol–water partition coefficient (Wildman–Crippen LogP) is 3.68. The van der Waals surface area contributed by atoms with Crippen LogP contribution in [0.4, 0.5) is 17.5 Å². The highest BCUT2D eigenvalue weighted by atomic mass is 16.5.